The number of benzene rings is 1. The van der Waals surface area contributed by atoms with Gasteiger partial charge in [0.15, 0.2) is 0 Å². The third kappa shape index (κ3) is 4.72. The molecule has 0 radical (unpaired) electrons. The van der Waals surface area contributed by atoms with E-state index >= 15 is 0 Å². The molecule has 0 fully saturated rings. The summed E-state index contributed by atoms with van der Waals surface area (Å²) >= 11 is 1.57. The zero-order valence-electron chi connectivity index (χ0n) is 18.3. The van der Waals surface area contributed by atoms with E-state index in [-0.39, 0.29) is 23.3 Å². The van der Waals surface area contributed by atoms with E-state index in [2.05, 4.69) is 31.4 Å². The van der Waals surface area contributed by atoms with Crippen LogP contribution in [0.1, 0.15) is 77.8 Å². The molecule has 0 spiro atoms. The predicted octanol–water partition coefficient (Wildman–Crippen LogP) is 5.60. The van der Waals surface area contributed by atoms with Crippen LogP contribution in [0, 0.1) is 18.3 Å². The first-order chi connectivity index (χ1) is 13.6. The average Bonchev–Trinajstić information content (AvgIpc) is 2.97. The number of fused-ring (bicyclic) bond motifs is 1. The zero-order valence-corrected chi connectivity index (χ0v) is 19.1. The molecule has 4 nitrogen and oxygen atoms in total. The van der Waals surface area contributed by atoms with E-state index in [0.717, 1.165) is 30.4 Å². The molecule has 1 aromatic heterocycles. The van der Waals surface area contributed by atoms with E-state index < -0.39 is 0 Å². The van der Waals surface area contributed by atoms with Crippen molar-refractivity contribution in [2.24, 2.45) is 11.3 Å². The Hall–Kier alpha value is -2.14. The highest BCUT2D eigenvalue weighted by Gasteiger charge is 2.34. The lowest BCUT2D eigenvalue weighted by Crippen LogP contribution is -2.32. The molecule has 3 rings (SSSR count). The van der Waals surface area contributed by atoms with Gasteiger partial charge in [-0.25, -0.2) is 0 Å². The topological polar surface area (TPSA) is 58.2 Å². The van der Waals surface area contributed by atoms with Crippen LogP contribution in [-0.2, 0) is 12.8 Å². The minimum absolute atomic E-state index is 0.0453. The molecule has 2 N–H and O–H groups in total. The van der Waals surface area contributed by atoms with Crippen molar-refractivity contribution in [3.8, 4) is 0 Å². The van der Waals surface area contributed by atoms with Gasteiger partial charge in [0.2, 0.25) is 0 Å². The van der Waals surface area contributed by atoms with Crippen molar-refractivity contribution in [3.63, 3.8) is 0 Å². The van der Waals surface area contributed by atoms with E-state index in [1.54, 1.807) is 11.3 Å². The molecule has 0 aliphatic heterocycles. The first-order valence-electron chi connectivity index (χ1n) is 10.4. The Morgan fingerprint density at radius 2 is 1.83 bits per heavy atom. The fourth-order valence-electron chi connectivity index (χ4n) is 3.99. The lowest BCUT2D eigenvalue weighted by Gasteiger charge is -2.33. The van der Waals surface area contributed by atoms with Gasteiger partial charge in [-0.2, -0.15) is 0 Å². The molecule has 0 saturated carbocycles. The van der Waals surface area contributed by atoms with Crippen molar-refractivity contribution in [3.05, 3.63) is 51.4 Å². The molecule has 1 heterocycles. The SMILES string of the molecule is Cc1ccccc1C(=O)Nc1sc2c(c1C(=O)NC(C)C)CCC(C(C)(C)C)C2. The van der Waals surface area contributed by atoms with Gasteiger partial charge >= 0.3 is 0 Å². The summed E-state index contributed by atoms with van der Waals surface area (Å²) in [5.41, 5.74) is 3.57. The number of amides is 2. The molecule has 1 unspecified atom stereocenters. The fourth-order valence-corrected chi connectivity index (χ4v) is 5.31. The summed E-state index contributed by atoms with van der Waals surface area (Å²) < 4.78 is 0. The highest BCUT2D eigenvalue weighted by atomic mass is 32.1. The Morgan fingerprint density at radius 1 is 1.14 bits per heavy atom. The summed E-state index contributed by atoms with van der Waals surface area (Å²) in [4.78, 5) is 27.2. The Kier molecular flexibility index (Phi) is 6.18. The number of nitrogens with one attached hydrogen (secondary N) is 2. The largest absolute Gasteiger partial charge is 0.350 e. The normalized spacial score (nSPS) is 16.4. The lowest BCUT2D eigenvalue weighted by molar-refractivity contribution is 0.0943. The number of carbonyl (C=O) groups is 2. The molecule has 1 aliphatic carbocycles. The van der Waals surface area contributed by atoms with Crippen LogP contribution in [0.4, 0.5) is 5.00 Å². The van der Waals surface area contributed by atoms with Gasteiger partial charge in [0.1, 0.15) is 5.00 Å². The molecule has 1 aromatic carbocycles. The van der Waals surface area contributed by atoms with Crippen LogP contribution in [-0.4, -0.2) is 17.9 Å². The Balaban J connectivity index is 1.97. The predicted molar refractivity (Wildman–Crippen MR) is 121 cm³/mol. The molecular formula is C24H32N2O2S. The average molecular weight is 413 g/mol. The van der Waals surface area contributed by atoms with Crippen molar-refractivity contribution in [2.45, 2.75) is 66.8 Å². The third-order valence-corrected chi connectivity index (χ3v) is 6.92. The van der Waals surface area contributed by atoms with Crippen LogP contribution in [0.2, 0.25) is 0 Å². The number of rotatable bonds is 4. The Labute approximate surface area is 178 Å². The van der Waals surface area contributed by atoms with Crippen molar-refractivity contribution >= 4 is 28.2 Å². The maximum atomic E-state index is 13.0. The van der Waals surface area contributed by atoms with Gasteiger partial charge in [0, 0.05) is 16.5 Å². The van der Waals surface area contributed by atoms with Gasteiger partial charge in [0.25, 0.3) is 11.8 Å². The molecule has 5 heteroatoms. The molecule has 1 aliphatic rings. The van der Waals surface area contributed by atoms with Gasteiger partial charge < -0.3 is 10.6 Å². The molecule has 2 aromatic rings. The number of aryl methyl sites for hydroxylation is 1. The summed E-state index contributed by atoms with van der Waals surface area (Å²) in [6, 6.07) is 7.58. The molecule has 156 valence electrons. The number of anilines is 1. The van der Waals surface area contributed by atoms with Gasteiger partial charge in [-0.3, -0.25) is 9.59 Å². The standard InChI is InChI=1S/C24H32N2O2S/c1-14(2)25-22(28)20-18-12-11-16(24(4,5)6)13-19(18)29-23(20)26-21(27)17-10-8-7-9-15(17)3/h7-10,14,16H,11-13H2,1-6H3,(H,25,28)(H,26,27). The van der Waals surface area contributed by atoms with E-state index in [0.29, 0.717) is 22.0 Å². The van der Waals surface area contributed by atoms with Crippen LogP contribution >= 0.6 is 11.3 Å². The molecular weight excluding hydrogens is 380 g/mol. The molecule has 29 heavy (non-hydrogen) atoms. The lowest BCUT2D eigenvalue weighted by atomic mass is 9.72. The summed E-state index contributed by atoms with van der Waals surface area (Å²) in [5.74, 6) is 0.328. The summed E-state index contributed by atoms with van der Waals surface area (Å²) in [6.07, 6.45) is 2.92. The number of hydrogen-bond acceptors (Lipinski definition) is 3. The second kappa shape index (κ2) is 8.31. The molecule has 2 amide bonds. The summed E-state index contributed by atoms with van der Waals surface area (Å²) in [6.45, 7) is 12.7. The highest BCUT2D eigenvalue weighted by molar-refractivity contribution is 7.17. The number of hydrogen-bond donors (Lipinski definition) is 2. The van der Waals surface area contributed by atoms with Gasteiger partial charge in [-0.1, -0.05) is 39.0 Å². The third-order valence-electron chi connectivity index (χ3n) is 5.75. The van der Waals surface area contributed by atoms with Crippen LogP contribution in [0.15, 0.2) is 24.3 Å². The maximum absolute atomic E-state index is 13.0. The van der Waals surface area contributed by atoms with E-state index in [9.17, 15) is 9.59 Å². The summed E-state index contributed by atoms with van der Waals surface area (Å²) in [7, 11) is 0. The van der Waals surface area contributed by atoms with E-state index in [1.165, 1.54) is 4.88 Å². The monoisotopic (exact) mass is 412 g/mol. The van der Waals surface area contributed by atoms with Crippen molar-refractivity contribution in [1.82, 2.24) is 5.32 Å². The number of carbonyl (C=O) groups excluding carboxylic acids is 2. The van der Waals surface area contributed by atoms with E-state index in [1.807, 2.05) is 45.0 Å². The second-order valence-corrected chi connectivity index (χ2v) is 10.5. The van der Waals surface area contributed by atoms with Crippen LogP contribution < -0.4 is 10.6 Å². The van der Waals surface area contributed by atoms with Gasteiger partial charge in [0.05, 0.1) is 5.56 Å². The van der Waals surface area contributed by atoms with Crippen LogP contribution in [0.3, 0.4) is 0 Å². The van der Waals surface area contributed by atoms with Crippen LogP contribution in [0.25, 0.3) is 0 Å². The zero-order chi connectivity index (χ0) is 21.3. The minimum atomic E-state index is -0.160. The van der Waals surface area contributed by atoms with Crippen molar-refractivity contribution in [1.29, 1.82) is 0 Å². The minimum Gasteiger partial charge on any atom is -0.350 e. The Bertz CT molecular complexity index is 921. The first kappa shape index (κ1) is 21.6. The maximum Gasteiger partial charge on any atom is 0.256 e. The van der Waals surface area contributed by atoms with Gasteiger partial charge in [-0.15, -0.1) is 11.3 Å². The smallest absolute Gasteiger partial charge is 0.256 e. The Morgan fingerprint density at radius 3 is 2.45 bits per heavy atom. The molecule has 0 saturated heterocycles. The summed E-state index contributed by atoms with van der Waals surface area (Å²) in [5, 5.41) is 6.75. The van der Waals surface area contributed by atoms with Crippen molar-refractivity contribution < 1.29 is 9.59 Å². The number of thiophene rings is 1. The van der Waals surface area contributed by atoms with Crippen molar-refractivity contribution in [2.75, 3.05) is 5.32 Å². The van der Waals surface area contributed by atoms with E-state index in [4.69, 9.17) is 0 Å². The van der Waals surface area contributed by atoms with Crippen LogP contribution in [0.5, 0.6) is 0 Å². The first-order valence-corrected chi connectivity index (χ1v) is 11.2. The molecule has 1 atom stereocenters. The molecule has 0 bridgehead atoms. The van der Waals surface area contributed by atoms with Gasteiger partial charge in [-0.05, 0) is 68.6 Å². The quantitative estimate of drug-likeness (QED) is 0.687. The second-order valence-electron chi connectivity index (χ2n) is 9.41. The highest BCUT2D eigenvalue weighted by Crippen LogP contribution is 2.44. The fraction of sp³-hybridized carbons (Fsp3) is 0.500.